The third-order valence-electron chi connectivity index (χ3n) is 8.94. The molecule has 0 aliphatic carbocycles. The van der Waals surface area contributed by atoms with Crippen molar-refractivity contribution in [3.63, 3.8) is 0 Å². The Morgan fingerprint density at radius 3 is 2.18 bits per heavy atom. The van der Waals surface area contributed by atoms with Crippen LogP contribution in [0.3, 0.4) is 0 Å². The Labute approximate surface area is 306 Å². The van der Waals surface area contributed by atoms with Gasteiger partial charge in [0.2, 0.25) is 0 Å². The topological polar surface area (TPSA) is 89.1 Å². The SMILES string of the molecule is CC(C)Cc1cc2oc(-c3cc(-c4[c-]c5ccccc5c(C(C)(C)C)c4)ncn3)cc2cn1.CCC(CC)C(=O)/C=C(\O)C(CC)CC.[Ir]. The van der Waals surface area contributed by atoms with Crippen molar-refractivity contribution in [1.82, 2.24) is 15.0 Å². The summed E-state index contributed by atoms with van der Waals surface area (Å²) < 4.78 is 6.17. The number of allylic oxidation sites excluding steroid dienone is 2. The van der Waals surface area contributed by atoms with Crippen LogP contribution in [0.1, 0.15) is 99.3 Å². The number of hydrogen-bond acceptors (Lipinski definition) is 6. The number of aromatic nitrogens is 3. The van der Waals surface area contributed by atoms with E-state index in [0.717, 1.165) is 71.1 Å². The molecule has 0 amide bonds. The fourth-order valence-corrected chi connectivity index (χ4v) is 6.04. The first kappa shape index (κ1) is 39.8. The van der Waals surface area contributed by atoms with Crippen molar-refractivity contribution >= 4 is 27.5 Å². The van der Waals surface area contributed by atoms with E-state index in [-0.39, 0.29) is 48.9 Å². The van der Waals surface area contributed by atoms with Crippen LogP contribution in [0.4, 0.5) is 0 Å². The monoisotopic (exact) mass is 839 g/mol. The Kier molecular flexibility index (Phi) is 14.5. The van der Waals surface area contributed by atoms with Gasteiger partial charge in [0.05, 0.1) is 5.76 Å². The molecule has 6 nitrogen and oxygen atoms in total. The maximum atomic E-state index is 11.7. The molecule has 0 fully saturated rings. The molecule has 2 aromatic carbocycles. The molecule has 0 unspecified atom stereocenters. The number of benzene rings is 2. The molecule has 0 atom stereocenters. The first-order chi connectivity index (χ1) is 22.9. The van der Waals surface area contributed by atoms with E-state index in [2.05, 4.69) is 86.0 Å². The summed E-state index contributed by atoms with van der Waals surface area (Å²) in [5.74, 6) is 1.81. The van der Waals surface area contributed by atoms with Crippen LogP contribution in [0.2, 0.25) is 0 Å². The molecule has 7 heteroatoms. The quantitative estimate of drug-likeness (QED) is 0.0810. The van der Waals surface area contributed by atoms with Crippen molar-refractivity contribution < 1.29 is 34.4 Å². The molecule has 3 aromatic heterocycles. The van der Waals surface area contributed by atoms with Gasteiger partial charge >= 0.3 is 0 Å². The molecule has 0 aliphatic rings. The average molecular weight is 839 g/mol. The molecule has 5 aromatic rings. The number of fused-ring (bicyclic) bond motifs is 2. The summed E-state index contributed by atoms with van der Waals surface area (Å²) in [6.07, 6.45) is 9.32. The molecular weight excluding hydrogens is 787 g/mol. The number of nitrogens with zero attached hydrogens (tertiary/aromatic N) is 3. The molecule has 1 N–H and O–H groups in total. The van der Waals surface area contributed by atoms with Gasteiger partial charge in [0.1, 0.15) is 17.6 Å². The molecule has 0 spiro atoms. The van der Waals surface area contributed by atoms with E-state index in [1.807, 2.05) is 52.1 Å². The van der Waals surface area contributed by atoms with E-state index in [1.54, 1.807) is 6.33 Å². The molecule has 263 valence electrons. The Balaban J connectivity index is 0.000000347. The normalized spacial score (nSPS) is 12.0. The summed E-state index contributed by atoms with van der Waals surface area (Å²) >= 11 is 0. The Hall–Kier alpha value is -3.67. The van der Waals surface area contributed by atoms with Crippen LogP contribution in [0.5, 0.6) is 0 Å². The van der Waals surface area contributed by atoms with Crippen LogP contribution in [0.25, 0.3) is 44.5 Å². The van der Waals surface area contributed by atoms with Gasteiger partial charge in [-0.1, -0.05) is 91.5 Å². The van der Waals surface area contributed by atoms with Gasteiger partial charge in [-0.15, -0.1) is 29.1 Å². The zero-order valence-corrected chi connectivity index (χ0v) is 33.0. The molecule has 0 bridgehead atoms. The van der Waals surface area contributed by atoms with Crippen molar-refractivity contribution in [2.45, 2.75) is 99.8 Å². The van der Waals surface area contributed by atoms with Gasteiger partial charge in [-0.25, -0.2) is 4.98 Å². The molecule has 0 saturated carbocycles. The van der Waals surface area contributed by atoms with Gasteiger partial charge < -0.3 is 9.52 Å². The number of carbonyl (C=O) groups is 1. The Morgan fingerprint density at radius 1 is 0.898 bits per heavy atom. The molecule has 0 saturated heterocycles. The summed E-state index contributed by atoms with van der Waals surface area (Å²) in [7, 11) is 0. The number of ketones is 1. The maximum Gasteiger partial charge on any atom is 0.162 e. The summed E-state index contributed by atoms with van der Waals surface area (Å²) in [6.45, 7) is 19.2. The van der Waals surface area contributed by atoms with Crippen molar-refractivity contribution in [2.75, 3.05) is 0 Å². The van der Waals surface area contributed by atoms with E-state index < -0.39 is 0 Å². The van der Waals surface area contributed by atoms with Gasteiger partial charge in [0, 0.05) is 67.1 Å². The van der Waals surface area contributed by atoms with Crippen molar-refractivity contribution in [2.24, 2.45) is 17.8 Å². The zero-order valence-electron chi connectivity index (χ0n) is 30.6. The smallest absolute Gasteiger partial charge is 0.162 e. The summed E-state index contributed by atoms with van der Waals surface area (Å²) in [5.41, 5.74) is 5.69. The molecule has 1 radical (unpaired) electrons. The van der Waals surface area contributed by atoms with Crippen LogP contribution in [-0.4, -0.2) is 25.8 Å². The number of pyridine rings is 1. The molecule has 5 rings (SSSR count). The predicted octanol–water partition coefficient (Wildman–Crippen LogP) is 11.3. The van der Waals surface area contributed by atoms with Crippen LogP contribution < -0.4 is 0 Å². The number of hydrogen-bond donors (Lipinski definition) is 1. The summed E-state index contributed by atoms with van der Waals surface area (Å²) in [6, 6.07) is 20.2. The van der Waals surface area contributed by atoms with E-state index in [1.165, 1.54) is 17.0 Å². The number of rotatable bonds is 11. The number of aliphatic hydroxyl groups excluding tert-OH is 1. The van der Waals surface area contributed by atoms with Gasteiger partial charge in [0.25, 0.3) is 0 Å². The first-order valence-corrected chi connectivity index (χ1v) is 17.5. The fourth-order valence-electron chi connectivity index (χ4n) is 6.04. The first-order valence-electron chi connectivity index (χ1n) is 17.5. The Morgan fingerprint density at radius 2 is 1.55 bits per heavy atom. The third kappa shape index (κ3) is 10.2. The van der Waals surface area contributed by atoms with E-state index in [9.17, 15) is 9.90 Å². The second-order valence-electron chi connectivity index (χ2n) is 14.1. The molecule has 3 heterocycles. The Bertz CT molecular complexity index is 1860. The van der Waals surface area contributed by atoms with E-state index >= 15 is 0 Å². The minimum Gasteiger partial charge on any atom is -0.512 e. The minimum absolute atomic E-state index is 0. The van der Waals surface area contributed by atoms with Crippen LogP contribution in [-0.2, 0) is 36.7 Å². The predicted molar refractivity (Wildman–Crippen MR) is 198 cm³/mol. The maximum absolute atomic E-state index is 11.7. The van der Waals surface area contributed by atoms with Crippen LogP contribution in [0.15, 0.2) is 77.3 Å². The standard InChI is InChI=1S/C29H28N3O.C13H24O2.Ir/c1-18(2)10-22-14-27-21(16-30-22)13-28(33-27)26-15-25(31-17-32-26)20-11-19-8-6-7-9-23(19)24(12-20)29(3,4)5;1-5-10(6-2)12(14)9-13(15)11(7-3)8-4;/h6-9,12-18H,10H2,1-5H3;9-11,14H,5-8H2,1-4H3;/q-1;;/b;12-9-;. The summed E-state index contributed by atoms with van der Waals surface area (Å²) in [4.78, 5) is 25.4. The van der Waals surface area contributed by atoms with Gasteiger partial charge in [-0.05, 0) is 55.6 Å². The van der Waals surface area contributed by atoms with Crippen molar-refractivity contribution in [3.05, 3.63) is 90.2 Å². The van der Waals surface area contributed by atoms with Gasteiger partial charge in [0.15, 0.2) is 11.5 Å². The van der Waals surface area contributed by atoms with Gasteiger partial charge in [-0.2, -0.15) is 0 Å². The fraction of sp³-hybridized carbons (Fsp3) is 0.429. The molecule has 49 heavy (non-hydrogen) atoms. The molecule has 0 aliphatic heterocycles. The molecular formula is C42H52IrN3O3-. The second kappa shape index (κ2) is 17.8. The van der Waals surface area contributed by atoms with Crippen molar-refractivity contribution in [3.8, 4) is 22.7 Å². The number of aliphatic hydroxyl groups is 1. The third-order valence-corrected chi connectivity index (χ3v) is 8.94. The number of carbonyl (C=O) groups excluding carboxylic acids is 1. The second-order valence-corrected chi connectivity index (χ2v) is 14.1. The largest absolute Gasteiger partial charge is 0.512 e. The van der Waals surface area contributed by atoms with Gasteiger partial charge in [-0.3, -0.25) is 14.8 Å². The summed E-state index contributed by atoms with van der Waals surface area (Å²) in [5, 5.41) is 13.1. The van der Waals surface area contributed by atoms with Crippen LogP contribution >= 0.6 is 0 Å². The number of furan rings is 1. The zero-order chi connectivity index (χ0) is 35.0. The van der Waals surface area contributed by atoms with E-state index in [4.69, 9.17) is 4.42 Å². The van der Waals surface area contributed by atoms with E-state index in [0.29, 0.717) is 11.7 Å². The van der Waals surface area contributed by atoms with Crippen molar-refractivity contribution in [1.29, 1.82) is 0 Å². The minimum atomic E-state index is -0.00125. The average Bonchev–Trinajstić information content (AvgIpc) is 3.49. The van der Waals surface area contributed by atoms with Crippen LogP contribution in [0, 0.1) is 23.8 Å².